The minimum absolute atomic E-state index is 0.181. The normalized spacial score (nSPS) is 10.4. The molecule has 6 nitrogen and oxygen atoms in total. The second-order valence-electron chi connectivity index (χ2n) is 4.98. The summed E-state index contributed by atoms with van der Waals surface area (Å²) in [7, 11) is 0. The molecule has 120 valence electrons. The fourth-order valence-electron chi connectivity index (χ4n) is 2.09. The van der Waals surface area contributed by atoms with E-state index in [9.17, 15) is 9.59 Å². The summed E-state index contributed by atoms with van der Waals surface area (Å²) in [4.78, 5) is 28.0. The third-order valence-corrected chi connectivity index (χ3v) is 3.76. The highest BCUT2D eigenvalue weighted by molar-refractivity contribution is 9.10. The molecule has 0 spiro atoms. The lowest BCUT2D eigenvalue weighted by molar-refractivity contribution is -0.117. The first-order valence-corrected chi connectivity index (χ1v) is 7.96. The number of aromatic nitrogens is 3. The van der Waals surface area contributed by atoms with Gasteiger partial charge in [-0.15, -0.1) is 0 Å². The van der Waals surface area contributed by atoms with E-state index in [-0.39, 0.29) is 18.0 Å². The van der Waals surface area contributed by atoms with Crippen molar-refractivity contribution in [1.82, 2.24) is 14.8 Å². The number of carbonyl (C=O) groups excluding carboxylic acids is 1. The van der Waals surface area contributed by atoms with E-state index >= 15 is 0 Å². The molecule has 0 saturated heterocycles. The van der Waals surface area contributed by atoms with Crippen LogP contribution < -0.4 is 10.9 Å². The number of hydrogen-bond donors (Lipinski definition) is 1. The van der Waals surface area contributed by atoms with Crippen molar-refractivity contribution in [2.45, 2.75) is 6.54 Å². The third kappa shape index (κ3) is 3.94. The lowest BCUT2D eigenvalue weighted by Gasteiger charge is -2.08. The van der Waals surface area contributed by atoms with Gasteiger partial charge in [-0.2, -0.15) is 5.10 Å². The Balaban J connectivity index is 1.80. The van der Waals surface area contributed by atoms with Crippen molar-refractivity contribution in [2.24, 2.45) is 0 Å². The Morgan fingerprint density at radius 1 is 1.08 bits per heavy atom. The quantitative estimate of drug-likeness (QED) is 0.749. The van der Waals surface area contributed by atoms with Crippen LogP contribution in [-0.4, -0.2) is 20.7 Å². The van der Waals surface area contributed by atoms with Crippen LogP contribution in [-0.2, 0) is 11.3 Å². The van der Waals surface area contributed by atoms with E-state index in [0.29, 0.717) is 11.5 Å². The van der Waals surface area contributed by atoms with Crippen molar-refractivity contribution in [3.8, 4) is 11.3 Å². The highest BCUT2D eigenvalue weighted by atomic mass is 79.9. The Morgan fingerprint density at radius 2 is 1.88 bits per heavy atom. The van der Waals surface area contributed by atoms with Crippen LogP contribution >= 0.6 is 15.9 Å². The summed E-state index contributed by atoms with van der Waals surface area (Å²) in [6.07, 6.45) is 1.58. The molecule has 2 heterocycles. The van der Waals surface area contributed by atoms with Crippen LogP contribution in [0.3, 0.4) is 0 Å². The molecule has 7 heteroatoms. The average Bonchev–Trinajstić information content (AvgIpc) is 2.58. The number of benzene rings is 1. The van der Waals surface area contributed by atoms with Crippen LogP contribution in [0.5, 0.6) is 0 Å². The Hall–Kier alpha value is -2.80. The maximum Gasteiger partial charge on any atom is 0.267 e. The average molecular weight is 385 g/mol. The van der Waals surface area contributed by atoms with Crippen LogP contribution in [0.4, 0.5) is 5.82 Å². The number of rotatable bonds is 4. The molecule has 1 aromatic carbocycles. The largest absolute Gasteiger partial charge is 0.309 e. The molecular formula is C17H13BrN4O2. The first kappa shape index (κ1) is 16.1. The number of nitrogens with one attached hydrogen (secondary N) is 1. The topological polar surface area (TPSA) is 76.9 Å². The van der Waals surface area contributed by atoms with E-state index in [0.717, 1.165) is 14.7 Å². The highest BCUT2D eigenvalue weighted by Crippen LogP contribution is 2.18. The predicted octanol–water partition coefficient (Wildman–Crippen LogP) is 2.71. The summed E-state index contributed by atoms with van der Waals surface area (Å²) < 4.78 is 2.09. The van der Waals surface area contributed by atoms with Gasteiger partial charge in [0.25, 0.3) is 5.56 Å². The molecule has 0 saturated carbocycles. The Kier molecular flexibility index (Phi) is 4.81. The smallest absolute Gasteiger partial charge is 0.267 e. The first-order valence-electron chi connectivity index (χ1n) is 7.17. The van der Waals surface area contributed by atoms with Crippen LogP contribution in [0.25, 0.3) is 11.3 Å². The van der Waals surface area contributed by atoms with Gasteiger partial charge in [-0.25, -0.2) is 9.67 Å². The Labute approximate surface area is 146 Å². The van der Waals surface area contributed by atoms with Gasteiger partial charge < -0.3 is 5.32 Å². The number of anilines is 1. The van der Waals surface area contributed by atoms with Gasteiger partial charge in [-0.3, -0.25) is 9.59 Å². The number of amides is 1. The van der Waals surface area contributed by atoms with Crippen molar-refractivity contribution in [3.63, 3.8) is 0 Å². The predicted molar refractivity (Wildman–Crippen MR) is 94.5 cm³/mol. The zero-order chi connectivity index (χ0) is 16.9. The van der Waals surface area contributed by atoms with Gasteiger partial charge in [0.15, 0.2) is 0 Å². The molecule has 3 aromatic rings. The summed E-state index contributed by atoms with van der Waals surface area (Å²) in [6, 6.07) is 15.8. The molecule has 0 aliphatic carbocycles. The van der Waals surface area contributed by atoms with Crippen molar-refractivity contribution < 1.29 is 4.79 Å². The number of carbonyl (C=O) groups is 1. The zero-order valence-corrected chi connectivity index (χ0v) is 14.1. The molecule has 0 atom stereocenters. The third-order valence-electron chi connectivity index (χ3n) is 3.23. The number of hydrogen-bond acceptors (Lipinski definition) is 4. The highest BCUT2D eigenvalue weighted by Gasteiger charge is 2.08. The van der Waals surface area contributed by atoms with E-state index in [1.54, 1.807) is 30.5 Å². The fourth-order valence-corrected chi connectivity index (χ4v) is 2.36. The van der Waals surface area contributed by atoms with E-state index in [4.69, 9.17) is 0 Å². The fraction of sp³-hybridized carbons (Fsp3) is 0.0588. The summed E-state index contributed by atoms with van der Waals surface area (Å²) in [5, 5.41) is 6.89. The molecule has 0 radical (unpaired) electrons. The zero-order valence-electron chi connectivity index (χ0n) is 12.5. The maximum absolute atomic E-state index is 12.1. The minimum Gasteiger partial charge on any atom is -0.309 e. The monoisotopic (exact) mass is 384 g/mol. The van der Waals surface area contributed by atoms with Crippen molar-refractivity contribution >= 4 is 27.7 Å². The van der Waals surface area contributed by atoms with Crippen LogP contribution in [0.1, 0.15) is 0 Å². The molecular weight excluding hydrogens is 372 g/mol. The molecule has 1 N–H and O–H groups in total. The van der Waals surface area contributed by atoms with E-state index < -0.39 is 0 Å². The van der Waals surface area contributed by atoms with Gasteiger partial charge >= 0.3 is 0 Å². The molecule has 0 bridgehead atoms. The van der Waals surface area contributed by atoms with Gasteiger partial charge in [-0.1, -0.05) is 34.1 Å². The molecule has 1 amide bonds. The van der Waals surface area contributed by atoms with Crippen molar-refractivity contribution in [2.75, 3.05) is 5.32 Å². The molecule has 2 aromatic heterocycles. The Morgan fingerprint density at radius 3 is 2.58 bits per heavy atom. The SMILES string of the molecule is O=C(Cn1nc(-c2ccc(Br)cc2)ccc1=O)Nc1ccccn1. The summed E-state index contributed by atoms with van der Waals surface area (Å²) >= 11 is 3.37. The summed E-state index contributed by atoms with van der Waals surface area (Å²) in [6.45, 7) is -0.181. The van der Waals surface area contributed by atoms with Crippen LogP contribution in [0, 0.1) is 0 Å². The van der Waals surface area contributed by atoms with Crippen molar-refractivity contribution in [3.05, 3.63) is 75.6 Å². The molecule has 3 rings (SSSR count). The van der Waals surface area contributed by atoms with Gasteiger partial charge in [0, 0.05) is 22.3 Å². The lowest BCUT2D eigenvalue weighted by Crippen LogP contribution is -2.29. The number of pyridine rings is 1. The van der Waals surface area contributed by atoms with Crippen LogP contribution in [0.15, 0.2) is 70.1 Å². The summed E-state index contributed by atoms with van der Waals surface area (Å²) in [5.74, 6) is 0.0656. The molecule has 0 unspecified atom stereocenters. The minimum atomic E-state index is -0.365. The van der Waals surface area contributed by atoms with Gasteiger partial charge in [0.2, 0.25) is 5.91 Å². The van der Waals surface area contributed by atoms with Gasteiger partial charge in [-0.05, 0) is 30.3 Å². The number of halogens is 1. The number of nitrogens with zero attached hydrogens (tertiary/aromatic N) is 3. The molecule has 0 fully saturated rings. The second-order valence-corrected chi connectivity index (χ2v) is 5.90. The summed E-state index contributed by atoms with van der Waals surface area (Å²) in [5.41, 5.74) is 1.14. The Bertz CT molecular complexity index is 908. The first-order chi connectivity index (χ1) is 11.6. The van der Waals surface area contributed by atoms with E-state index in [2.05, 4.69) is 31.3 Å². The van der Waals surface area contributed by atoms with Crippen molar-refractivity contribution in [1.29, 1.82) is 0 Å². The van der Waals surface area contributed by atoms with Gasteiger partial charge in [0.05, 0.1) is 5.69 Å². The van der Waals surface area contributed by atoms with E-state index in [1.165, 1.54) is 6.07 Å². The van der Waals surface area contributed by atoms with E-state index in [1.807, 2.05) is 24.3 Å². The van der Waals surface area contributed by atoms with Gasteiger partial charge in [0.1, 0.15) is 12.4 Å². The standard InChI is InChI=1S/C17H13BrN4O2/c18-13-6-4-12(5-7-13)14-8-9-17(24)22(21-14)11-16(23)20-15-3-1-2-10-19-15/h1-10H,11H2,(H,19,20,23). The van der Waals surface area contributed by atoms with Crippen LogP contribution in [0.2, 0.25) is 0 Å². The molecule has 24 heavy (non-hydrogen) atoms. The lowest BCUT2D eigenvalue weighted by atomic mass is 10.1. The second kappa shape index (κ2) is 7.18. The molecule has 0 aliphatic rings. The maximum atomic E-state index is 12.1. The molecule has 0 aliphatic heterocycles.